The first kappa shape index (κ1) is 12.1. The van der Waals surface area contributed by atoms with Gasteiger partial charge in [0.25, 0.3) is 10.1 Å². The molecular weight excluding hydrogens is 189 g/mol. The van der Waals surface area contributed by atoms with Gasteiger partial charge >= 0.3 is 29.6 Å². The van der Waals surface area contributed by atoms with Crippen molar-refractivity contribution in [3.8, 4) is 0 Å². The van der Waals surface area contributed by atoms with E-state index in [4.69, 9.17) is 4.55 Å². The van der Waals surface area contributed by atoms with Crippen LogP contribution in [-0.4, -0.2) is 47.5 Å². The molecule has 0 aromatic carbocycles. The molecule has 0 aliphatic heterocycles. The van der Waals surface area contributed by atoms with Crippen molar-refractivity contribution in [1.82, 2.24) is 4.98 Å². The summed E-state index contributed by atoms with van der Waals surface area (Å²) in [5, 5.41) is 0. The molecule has 62 valence electrons. The zero-order chi connectivity index (χ0) is 8.32. The first-order chi connectivity index (χ1) is 5.08. The molecule has 1 rings (SSSR count). The standard InChI is InChI=1S/C6H7NO3S.Na.H/c8-11(9,10)5-6-1-3-7-4-2-6;;/h1-4H,5H2,(H,8,9,10);;. The van der Waals surface area contributed by atoms with Crippen LogP contribution in [-0.2, 0) is 15.9 Å². The molecule has 0 atom stereocenters. The number of rotatable bonds is 2. The SMILES string of the molecule is O=S(=O)(O)Cc1ccncc1.[NaH]. The van der Waals surface area contributed by atoms with Gasteiger partial charge in [0.15, 0.2) is 0 Å². The topological polar surface area (TPSA) is 67.3 Å². The van der Waals surface area contributed by atoms with E-state index < -0.39 is 10.1 Å². The summed E-state index contributed by atoms with van der Waals surface area (Å²) in [6, 6.07) is 3.07. The van der Waals surface area contributed by atoms with Crippen LogP contribution in [0.5, 0.6) is 0 Å². The number of pyridine rings is 1. The van der Waals surface area contributed by atoms with Crippen LogP contribution in [0, 0.1) is 0 Å². The van der Waals surface area contributed by atoms with E-state index in [0.29, 0.717) is 5.56 Å². The number of nitrogens with zero attached hydrogens (tertiary/aromatic N) is 1. The van der Waals surface area contributed by atoms with Crippen LogP contribution >= 0.6 is 0 Å². The zero-order valence-electron chi connectivity index (χ0n) is 5.64. The number of hydrogen-bond donors (Lipinski definition) is 1. The molecule has 6 heteroatoms. The predicted molar refractivity (Wildman–Crippen MR) is 46.6 cm³/mol. The second-order valence-electron chi connectivity index (χ2n) is 2.08. The predicted octanol–water partition coefficient (Wildman–Crippen LogP) is -0.179. The van der Waals surface area contributed by atoms with Crippen molar-refractivity contribution in [2.75, 3.05) is 0 Å². The molecule has 0 radical (unpaired) electrons. The maximum atomic E-state index is 10.3. The van der Waals surface area contributed by atoms with Crippen molar-refractivity contribution in [1.29, 1.82) is 0 Å². The van der Waals surface area contributed by atoms with Gasteiger partial charge in [-0.1, -0.05) is 0 Å². The average Bonchev–Trinajstić information content (AvgIpc) is 1.85. The summed E-state index contributed by atoms with van der Waals surface area (Å²) < 4.78 is 29.1. The number of hydrogen-bond acceptors (Lipinski definition) is 3. The Hall–Kier alpha value is 0.0600. The molecule has 0 aliphatic rings. The van der Waals surface area contributed by atoms with Crippen molar-refractivity contribution in [3.05, 3.63) is 30.1 Å². The first-order valence-corrected chi connectivity index (χ1v) is 4.53. The van der Waals surface area contributed by atoms with Crippen LogP contribution < -0.4 is 0 Å². The molecule has 0 amide bonds. The van der Waals surface area contributed by atoms with E-state index in [0.717, 1.165) is 0 Å². The van der Waals surface area contributed by atoms with Crippen LogP contribution in [0.3, 0.4) is 0 Å². The molecule has 0 saturated heterocycles. The van der Waals surface area contributed by atoms with E-state index in [1.165, 1.54) is 24.5 Å². The van der Waals surface area contributed by atoms with Gasteiger partial charge in [-0.05, 0) is 17.7 Å². The Labute approximate surface area is 93.1 Å². The van der Waals surface area contributed by atoms with Gasteiger partial charge < -0.3 is 0 Å². The normalized spacial score (nSPS) is 10.4. The number of aromatic nitrogens is 1. The Morgan fingerprint density at radius 2 is 1.83 bits per heavy atom. The van der Waals surface area contributed by atoms with E-state index in [9.17, 15) is 8.42 Å². The van der Waals surface area contributed by atoms with Gasteiger partial charge in [-0.25, -0.2) is 0 Å². The van der Waals surface area contributed by atoms with Gasteiger partial charge in [-0.15, -0.1) is 0 Å². The third-order valence-corrected chi connectivity index (χ3v) is 1.80. The van der Waals surface area contributed by atoms with E-state index >= 15 is 0 Å². The molecule has 0 unspecified atom stereocenters. The molecule has 1 aromatic rings. The fraction of sp³-hybridized carbons (Fsp3) is 0.167. The summed E-state index contributed by atoms with van der Waals surface area (Å²) in [4.78, 5) is 3.70. The molecule has 0 fully saturated rings. The third kappa shape index (κ3) is 4.84. The van der Waals surface area contributed by atoms with E-state index in [2.05, 4.69) is 4.98 Å². The molecule has 1 aromatic heterocycles. The summed E-state index contributed by atoms with van der Waals surface area (Å²) in [6.45, 7) is 0. The summed E-state index contributed by atoms with van der Waals surface area (Å²) in [5.74, 6) is -0.352. The monoisotopic (exact) mass is 197 g/mol. The molecule has 0 bridgehead atoms. The zero-order valence-corrected chi connectivity index (χ0v) is 6.45. The molecule has 1 N–H and O–H groups in total. The van der Waals surface area contributed by atoms with Gasteiger partial charge in [-0.3, -0.25) is 9.54 Å². The Kier molecular flexibility index (Phi) is 4.96. The minimum absolute atomic E-state index is 0. The summed E-state index contributed by atoms with van der Waals surface area (Å²) >= 11 is 0. The van der Waals surface area contributed by atoms with E-state index in [1.54, 1.807) is 0 Å². The minimum atomic E-state index is -3.90. The van der Waals surface area contributed by atoms with Crippen LogP contribution in [0.2, 0.25) is 0 Å². The van der Waals surface area contributed by atoms with Gasteiger partial charge in [0, 0.05) is 12.4 Å². The molecule has 0 saturated carbocycles. The van der Waals surface area contributed by atoms with Gasteiger partial charge in [0.1, 0.15) is 5.75 Å². The maximum absolute atomic E-state index is 10.3. The van der Waals surface area contributed by atoms with Gasteiger partial charge in [0.2, 0.25) is 0 Å². The summed E-state index contributed by atoms with van der Waals surface area (Å²) in [7, 11) is -3.90. The second-order valence-corrected chi connectivity index (χ2v) is 3.53. The second kappa shape index (κ2) is 4.94. The first-order valence-electron chi connectivity index (χ1n) is 2.92. The third-order valence-electron chi connectivity index (χ3n) is 1.10. The summed E-state index contributed by atoms with van der Waals surface area (Å²) in [5.41, 5.74) is 0.530. The van der Waals surface area contributed by atoms with Crippen LogP contribution in [0.15, 0.2) is 24.5 Å². The quantitative estimate of drug-likeness (QED) is 0.527. The van der Waals surface area contributed by atoms with E-state index in [-0.39, 0.29) is 35.3 Å². The van der Waals surface area contributed by atoms with Crippen molar-refractivity contribution in [2.45, 2.75) is 5.75 Å². The fourth-order valence-corrected chi connectivity index (χ4v) is 1.30. The van der Waals surface area contributed by atoms with Crippen molar-refractivity contribution >= 4 is 39.7 Å². The van der Waals surface area contributed by atoms with Crippen LogP contribution in [0.4, 0.5) is 0 Å². The molecule has 0 spiro atoms. The van der Waals surface area contributed by atoms with E-state index in [1.807, 2.05) is 0 Å². The van der Waals surface area contributed by atoms with Crippen LogP contribution in [0.25, 0.3) is 0 Å². The Balaban J connectivity index is 0.00000121. The molecule has 4 nitrogen and oxygen atoms in total. The Morgan fingerprint density at radius 3 is 2.25 bits per heavy atom. The molecule has 1 heterocycles. The van der Waals surface area contributed by atoms with Gasteiger partial charge in [0.05, 0.1) is 0 Å². The molecule has 12 heavy (non-hydrogen) atoms. The molecular formula is C6H8NNaO3S. The van der Waals surface area contributed by atoms with Crippen LogP contribution in [0.1, 0.15) is 5.56 Å². The Morgan fingerprint density at radius 1 is 1.33 bits per heavy atom. The summed E-state index contributed by atoms with van der Waals surface area (Å²) in [6.07, 6.45) is 2.95. The van der Waals surface area contributed by atoms with Gasteiger partial charge in [-0.2, -0.15) is 8.42 Å². The Bertz CT molecular complexity index is 324. The van der Waals surface area contributed by atoms with Crippen molar-refractivity contribution < 1.29 is 13.0 Å². The van der Waals surface area contributed by atoms with Crippen molar-refractivity contribution in [3.63, 3.8) is 0 Å². The molecule has 0 aliphatic carbocycles. The van der Waals surface area contributed by atoms with Crippen molar-refractivity contribution in [2.24, 2.45) is 0 Å². The average molecular weight is 197 g/mol. The fourth-order valence-electron chi connectivity index (χ4n) is 0.690.